The van der Waals surface area contributed by atoms with Crippen LogP contribution in [0.1, 0.15) is 26.3 Å². The topological polar surface area (TPSA) is 101 Å². The Morgan fingerprint density at radius 1 is 0.697 bits per heavy atom. The van der Waals surface area contributed by atoms with E-state index in [2.05, 4.69) is 4.74 Å². The van der Waals surface area contributed by atoms with E-state index in [9.17, 15) is 14.7 Å². The summed E-state index contributed by atoms with van der Waals surface area (Å²) in [7, 11) is 5.61. The molecule has 3 rings (SSSR count). The third kappa shape index (κ3) is 7.77. The van der Waals surface area contributed by atoms with E-state index in [0.29, 0.717) is 29.4 Å². The van der Waals surface area contributed by atoms with Crippen LogP contribution in [0.5, 0.6) is 23.0 Å². The van der Waals surface area contributed by atoms with Crippen molar-refractivity contribution in [2.24, 2.45) is 0 Å². The Hall–Kier alpha value is -4.20. The molecular formula is C25H26O8. The second-order valence-electron chi connectivity index (χ2n) is 6.57. The molecule has 0 amide bonds. The summed E-state index contributed by atoms with van der Waals surface area (Å²) < 4.78 is 24.9. The van der Waals surface area contributed by atoms with Crippen molar-refractivity contribution in [3.8, 4) is 23.0 Å². The summed E-state index contributed by atoms with van der Waals surface area (Å²) in [4.78, 5) is 22.6. The molecule has 8 heteroatoms. The maximum Gasteiger partial charge on any atom is 0.338 e. The van der Waals surface area contributed by atoms with E-state index in [0.717, 1.165) is 5.56 Å². The highest BCUT2D eigenvalue weighted by Crippen LogP contribution is 2.24. The number of rotatable bonds is 7. The predicted molar refractivity (Wildman–Crippen MR) is 121 cm³/mol. The molecule has 0 aliphatic heterocycles. The van der Waals surface area contributed by atoms with Crippen LogP contribution in [0.3, 0.4) is 0 Å². The summed E-state index contributed by atoms with van der Waals surface area (Å²) in [6.07, 6.45) is 0. The monoisotopic (exact) mass is 454 g/mol. The van der Waals surface area contributed by atoms with Crippen LogP contribution in [-0.2, 0) is 16.1 Å². The lowest BCUT2D eigenvalue weighted by atomic mass is 10.2. The number of phenolic OH excluding ortho intramolecular Hbond substituents is 1. The SMILES string of the molecule is COC(=O)c1cc(O)cc(OC)c1.COC(=O)c1cc(OC)cc(OCc2ccccc2)c1. The highest BCUT2D eigenvalue weighted by Gasteiger charge is 2.10. The maximum atomic E-state index is 11.6. The van der Waals surface area contributed by atoms with E-state index in [4.69, 9.17) is 18.9 Å². The molecule has 3 aromatic carbocycles. The average molecular weight is 454 g/mol. The van der Waals surface area contributed by atoms with E-state index in [1.165, 1.54) is 46.6 Å². The van der Waals surface area contributed by atoms with E-state index in [1.54, 1.807) is 18.2 Å². The smallest absolute Gasteiger partial charge is 0.338 e. The van der Waals surface area contributed by atoms with Gasteiger partial charge in [0.25, 0.3) is 0 Å². The summed E-state index contributed by atoms with van der Waals surface area (Å²) >= 11 is 0. The van der Waals surface area contributed by atoms with Gasteiger partial charge >= 0.3 is 11.9 Å². The van der Waals surface area contributed by atoms with Gasteiger partial charge in [0, 0.05) is 12.1 Å². The van der Waals surface area contributed by atoms with Crippen LogP contribution in [0.15, 0.2) is 66.7 Å². The van der Waals surface area contributed by atoms with Gasteiger partial charge in [-0.25, -0.2) is 9.59 Å². The van der Waals surface area contributed by atoms with Gasteiger partial charge in [0.2, 0.25) is 0 Å². The fourth-order valence-electron chi connectivity index (χ4n) is 2.69. The standard InChI is InChI=1S/C16H16O4.C9H10O4/c1-18-14-8-13(16(17)19-2)9-15(10-14)20-11-12-6-4-3-5-7-12;1-12-8-4-6(9(11)13-2)3-7(10)5-8/h3-10H,11H2,1-2H3;3-5,10H,1-2H3. The number of hydrogen-bond acceptors (Lipinski definition) is 8. The van der Waals surface area contributed by atoms with E-state index >= 15 is 0 Å². The third-order valence-electron chi connectivity index (χ3n) is 4.33. The molecular weight excluding hydrogens is 428 g/mol. The summed E-state index contributed by atoms with van der Waals surface area (Å²) in [5, 5.41) is 9.18. The quantitative estimate of drug-likeness (QED) is 0.529. The largest absolute Gasteiger partial charge is 0.508 e. The fourth-order valence-corrected chi connectivity index (χ4v) is 2.69. The second-order valence-corrected chi connectivity index (χ2v) is 6.57. The van der Waals surface area contributed by atoms with Crippen molar-refractivity contribution >= 4 is 11.9 Å². The van der Waals surface area contributed by atoms with Crippen molar-refractivity contribution in [3.63, 3.8) is 0 Å². The Morgan fingerprint density at radius 3 is 1.76 bits per heavy atom. The summed E-state index contributed by atoms with van der Waals surface area (Å²) in [6, 6.07) is 19.0. The zero-order valence-electron chi connectivity index (χ0n) is 18.9. The number of carbonyl (C=O) groups excluding carboxylic acids is 2. The van der Waals surface area contributed by atoms with Crippen molar-refractivity contribution in [3.05, 3.63) is 83.4 Å². The molecule has 0 spiro atoms. The molecule has 8 nitrogen and oxygen atoms in total. The van der Waals surface area contributed by atoms with Gasteiger partial charge in [-0.2, -0.15) is 0 Å². The molecule has 174 valence electrons. The first-order valence-corrected chi connectivity index (χ1v) is 9.80. The van der Waals surface area contributed by atoms with E-state index in [1.807, 2.05) is 30.3 Å². The van der Waals surface area contributed by atoms with Gasteiger partial charge in [0.1, 0.15) is 29.6 Å². The van der Waals surface area contributed by atoms with Crippen molar-refractivity contribution in [2.45, 2.75) is 6.61 Å². The molecule has 0 atom stereocenters. The van der Waals surface area contributed by atoms with Crippen molar-refractivity contribution < 1.29 is 38.4 Å². The lowest BCUT2D eigenvalue weighted by Gasteiger charge is -2.10. The molecule has 0 radical (unpaired) electrons. The van der Waals surface area contributed by atoms with Crippen molar-refractivity contribution in [1.29, 1.82) is 0 Å². The van der Waals surface area contributed by atoms with Gasteiger partial charge in [-0.1, -0.05) is 30.3 Å². The van der Waals surface area contributed by atoms with Crippen LogP contribution in [0.4, 0.5) is 0 Å². The fraction of sp³-hybridized carbons (Fsp3) is 0.200. The zero-order valence-corrected chi connectivity index (χ0v) is 18.9. The first-order chi connectivity index (χ1) is 15.9. The van der Waals surface area contributed by atoms with Gasteiger partial charge < -0.3 is 28.8 Å². The summed E-state index contributed by atoms with van der Waals surface area (Å²) in [5.74, 6) is 0.576. The number of phenols is 1. The number of methoxy groups -OCH3 is 4. The Labute approximate surface area is 192 Å². The normalized spacial score (nSPS) is 9.70. The highest BCUT2D eigenvalue weighted by atomic mass is 16.5. The van der Waals surface area contributed by atoms with Crippen molar-refractivity contribution in [1.82, 2.24) is 0 Å². The first kappa shape index (κ1) is 25.1. The van der Waals surface area contributed by atoms with Crippen LogP contribution >= 0.6 is 0 Å². The van der Waals surface area contributed by atoms with Gasteiger partial charge in [-0.05, 0) is 29.8 Å². The molecule has 0 aliphatic carbocycles. The van der Waals surface area contributed by atoms with Crippen LogP contribution in [0, 0.1) is 0 Å². The molecule has 0 saturated carbocycles. The van der Waals surface area contributed by atoms with E-state index in [-0.39, 0.29) is 11.3 Å². The van der Waals surface area contributed by atoms with E-state index < -0.39 is 11.9 Å². The Morgan fingerprint density at radius 2 is 1.21 bits per heavy atom. The maximum absolute atomic E-state index is 11.6. The summed E-state index contributed by atoms with van der Waals surface area (Å²) in [5.41, 5.74) is 1.71. The number of benzene rings is 3. The minimum atomic E-state index is -0.505. The molecule has 0 unspecified atom stereocenters. The van der Waals surface area contributed by atoms with Crippen LogP contribution in [0.25, 0.3) is 0 Å². The molecule has 0 bridgehead atoms. The minimum absolute atomic E-state index is 0.0280. The minimum Gasteiger partial charge on any atom is -0.508 e. The molecule has 0 fully saturated rings. The van der Waals surface area contributed by atoms with Gasteiger partial charge in [-0.3, -0.25) is 0 Å². The summed E-state index contributed by atoms with van der Waals surface area (Å²) in [6.45, 7) is 0.425. The number of esters is 2. The number of hydrogen-bond donors (Lipinski definition) is 1. The highest BCUT2D eigenvalue weighted by molar-refractivity contribution is 5.90. The Bertz CT molecular complexity index is 1060. The average Bonchev–Trinajstić information content (AvgIpc) is 2.86. The molecule has 0 aromatic heterocycles. The molecule has 0 heterocycles. The molecule has 0 aliphatic rings. The Balaban J connectivity index is 0.000000257. The second kappa shape index (κ2) is 12.6. The van der Waals surface area contributed by atoms with Crippen LogP contribution in [0.2, 0.25) is 0 Å². The van der Waals surface area contributed by atoms with Crippen LogP contribution < -0.4 is 14.2 Å². The molecule has 1 N–H and O–H groups in total. The molecule has 3 aromatic rings. The van der Waals surface area contributed by atoms with Crippen LogP contribution in [-0.4, -0.2) is 45.5 Å². The number of aromatic hydroxyl groups is 1. The van der Waals surface area contributed by atoms with Gasteiger partial charge in [0.05, 0.1) is 39.6 Å². The predicted octanol–water partition coefficient (Wildman–Crippen LogP) is 4.25. The third-order valence-corrected chi connectivity index (χ3v) is 4.33. The first-order valence-electron chi connectivity index (χ1n) is 9.80. The zero-order chi connectivity index (χ0) is 24.2. The number of ether oxygens (including phenoxy) is 5. The number of carbonyl (C=O) groups is 2. The van der Waals surface area contributed by atoms with Gasteiger partial charge in [-0.15, -0.1) is 0 Å². The lowest BCUT2D eigenvalue weighted by molar-refractivity contribution is 0.0591. The van der Waals surface area contributed by atoms with Crippen molar-refractivity contribution in [2.75, 3.05) is 28.4 Å². The lowest BCUT2D eigenvalue weighted by Crippen LogP contribution is -2.03. The molecule has 0 saturated heterocycles. The molecule has 33 heavy (non-hydrogen) atoms. The van der Waals surface area contributed by atoms with Gasteiger partial charge in [0.15, 0.2) is 0 Å². The Kier molecular flexibility index (Phi) is 9.57.